The molecule has 6 heteroatoms. The molecule has 0 atom stereocenters. The van der Waals surface area contributed by atoms with Crippen molar-refractivity contribution in [3.8, 4) is 0 Å². The highest BCUT2D eigenvalue weighted by Crippen LogP contribution is 2.18. The van der Waals surface area contributed by atoms with Crippen LogP contribution in [0.4, 0.5) is 4.79 Å². The maximum atomic E-state index is 11.7. The van der Waals surface area contributed by atoms with Gasteiger partial charge < -0.3 is 10.6 Å². The Balaban J connectivity index is 1.31. The van der Waals surface area contributed by atoms with Crippen LogP contribution in [0.2, 0.25) is 0 Å². The molecule has 2 amide bonds. The van der Waals surface area contributed by atoms with Gasteiger partial charge in [-0.15, -0.1) is 0 Å². The molecular weight excluding hydrogens is 278 g/mol. The second-order valence-electron chi connectivity index (χ2n) is 6.01. The van der Waals surface area contributed by atoms with Gasteiger partial charge in [0.2, 0.25) is 0 Å². The number of nitrogens with zero attached hydrogens (tertiary/aromatic N) is 1. The number of benzene rings is 1. The summed E-state index contributed by atoms with van der Waals surface area (Å²) >= 11 is 0. The van der Waals surface area contributed by atoms with Crippen LogP contribution in [0.15, 0.2) is 24.3 Å². The molecule has 0 radical (unpaired) electrons. The van der Waals surface area contributed by atoms with Gasteiger partial charge in [-0.2, -0.15) is 0 Å². The van der Waals surface area contributed by atoms with E-state index in [9.17, 15) is 4.79 Å². The van der Waals surface area contributed by atoms with E-state index in [-0.39, 0.29) is 12.1 Å². The second kappa shape index (κ2) is 7.58. The maximum Gasteiger partial charge on any atom is 0.315 e. The molecule has 2 heterocycles. The molecule has 3 rings (SSSR count). The van der Waals surface area contributed by atoms with E-state index in [1.165, 1.54) is 11.1 Å². The predicted octanol–water partition coefficient (Wildman–Crippen LogP) is 0.210. The molecule has 0 aromatic heterocycles. The number of amides is 2. The van der Waals surface area contributed by atoms with Crippen LogP contribution in [0.1, 0.15) is 17.5 Å². The van der Waals surface area contributed by atoms with Crippen molar-refractivity contribution in [2.24, 2.45) is 0 Å². The minimum Gasteiger partial charge on any atom is -0.338 e. The summed E-state index contributed by atoms with van der Waals surface area (Å²) < 4.78 is 0. The summed E-state index contributed by atoms with van der Waals surface area (Å²) in [6.45, 7) is 5.45. The van der Waals surface area contributed by atoms with E-state index in [2.05, 4.69) is 50.7 Å². The molecule has 1 fully saturated rings. The molecule has 0 spiro atoms. The fourth-order valence-electron chi connectivity index (χ4n) is 3.05. The monoisotopic (exact) mass is 303 g/mol. The van der Waals surface area contributed by atoms with Crippen LogP contribution >= 0.6 is 0 Å². The molecular formula is C16H25N5O. The van der Waals surface area contributed by atoms with Crippen molar-refractivity contribution < 1.29 is 4.79 Å². The smallest absolute Gasteiger partial charge is 0.315 e. The number of carbonyl (C=O) groups excluding carboxylic acids is 1. The third kappa shape index (κ3) is 4.19. The molecule has 2 aliphatic heterocycles. The van der Waals surface area contributed by atoms with Crippen molar-refractivity contribution >= 4 is 6.03 Å². The van der Waals surface area contributed by atoms with Crippen molar-refractivity contribution in [2.45, 2.75) is 25.4 Å². The Kier molecular flexibility index (Phi) is 5.26. The highest BCUT2D eigenvalue weighted by Gasteiger charge is 2.17. The molecule has 4 N–H and O–H groups in total. The van der Waals surface area contributed by atoms with Gasteiger partial charge >= 0.3 is 6.03 Å². The van der Waals surface area contributed by atoms with E-state index in [0.717, 1.165) is 52.1 Å². The van der Waals surface area contributed by atoms with Gasteiger partial charge in [0.15, 0.2) is 0 Å². The Morgan fingerprint density at radius 2 is 2.00 bits per heavy atom. The van der Waals surface area contributed by atoms with Gasteiger partial charge in [-0.05, 0) is 24.0 Å². The van der Waals surface area contributed by atoms with Crippen molar-refractivity contribution in [2.75, 3.05) is 32.7 Å². The van der Waals surface area contributed by atoms with Crippen LogP contribution in [0.3, 0.4) is 0 Å². The van der Waals surface area contributed by atoms with Gasteiger partial charge in [0.25, 0.3) is 0 Å². The lowest BCUT2D eigenvalue weighted by Crippen LogP contribution is -2.45. The Hall–Kier alpha value is -1.63. The Morgan fingerprint density at radius 1 is 1.23 bits per heavy atom. The molecule has 1 saturated heterocycles. The molecule has 1 aromatic rings. The summed E-state index contributed by atoms with van der Waals surface area (Å²) in [6.07, 6.45) is 2.11. The predicted molar refractivity (Wildman–Crippen MR) is 86.4 cm³/mol. The molecule has 0 bridgehead atoms. The standard InChI is InChI=1S/C16H25N5O/c22-16(20-15-10-18-19-11-15)17-7-3-8-21-9-6-13-4-1-2-5-14(13)12-21/h1-2,4-5,15,18-19H,3,6-12H2,(H2,17,20,22). The Morgan fingerprint density at radius 3 is 2.82 bits per heavy atom. The van der Waals surface area contributed by atoms with Crippen molar-refractivity contribution in [3.05, 3.63) is 35.4 Å². The lowest BCUT2D eigenvalue weighted by Gasteiger charge is -2.28. The highest BCUT2D eigenvalue weighted by atomic mass is 16.2. The average molecular weight is 303 g/mol. The van der Waals surface area contributed by atoms with Crippen molar-refractivity contribution in [1.82, 2.24) is 26.4 Å². The zero-order chi connectivity index (χ0) is 15.2. The first kappa shape index (κ1) is 15.3. The zero-order valence-electron chi connectivity index (χ0n) is 12.9. The number of hydrogen-bond acceptors (Lipinski definition) is 4. The van der Waals surface area contributed by atoms with Crippen LogP contribution < -0.4 is 21.5 Å². The third-order valence-corrected chi connectivity index (χ3v) is 4.30. The van der Waals surface area contributed by atoms with Crippen LogP contribution in [-0.2, 0) is 13.0 Å². The normalized spacial score (nSPS) is 18.9. The largest absolute Gasteiger partial charge is 0.338 e. The summed E-state index contributed by atoms with van der Waals surface area (Å²) in [4.78, 5) is 14.2. The zero-order valence-corrected chi connectivity index (χ0v) is 12.9. The number of nitrogens with one attached hydrogen (secondary N) is 4. The fourth-order valence-corrected chi connectivity index (χ4v) is 3.05. The minimum absolute atomic E-state index is 0.0699. The third-order valence-electron chi connectivity index (χ3n) is 4.30. The highest BCUT2D eigenvalue weighted by molar-refractivity contribution is 5.74. The molecule has 0 unspecified atom stereocenters. The summed E-state index contributed by atoms with van der Waals surface area (Å²) in [6, 6.07) is 8.79. The number of carbonyl (C=O) groups is 1. The van der Waals surface area contributed by atoms with Gasteiger partial charge in [-0.1, -0.05) is 24.3 Å². The van der Waals surface area contributed by atoms with Crippen LogP contribution in [-0.4, -0.2) is 49.7 Å². The topological polar surface area (TPSA) is 68.4 Å². The minimum atomic E-state index is -0.0699. The van der Waals surface area contributed by atoms with Crippen LogP contribution in [0.25, 0.3) is 0 Å². The first-order chi connectivity index (χ1) is 10.8. The number of hydrogen-bond donors (Lipinski definition) is 4. The van der Waals surface area contributed by atoms with Crippen molar-refractivity contribution in [3.63, 3.8) is 0 Å². The van der Waals surface area contributed by atoms with E-state index >= 15 is 0 Å². The van der Waals surface area contributed by atoms with E-state index in [1.807, 2.05) is 0 Å². The van der Waals surface area contributed by atoms with E-state index in [0.29, 0.717) is 0 Å². The first-order valence-corrected chi connectivity index (χ1v) is 8.10. The quantitative estimate of drug-likeness (QED) is 0.587. The molecule has 2 aliphatic rings. The molecule has 1 aromatic carbocycles. The van der Waals surface area contributed by atoms with Crippen LogP contribution in [0, 0.1) is 0 Å². The van der Waals surface area contributed by atoms with E-state index < -0.39 is 0 Å². The number of fused-ring (bicyclic) bond motifs is 1. The van der Waals surface area contributed by atoms with Gasteiger partial charge in [0, 0.05) is 39.3 Å². The second-order valence-corrected chi connectivity index (χ2v) is 6.01. The average Bonchev–Trinajstić information content (AvgIpc) is 3.04. The van der Waals surface area contributed by atoms with Gasteiger partial charge in [0.1, 0.15) is 0 Å². The number of urea groups is 1. The van der Waals surface area contributed by atoms with Crippen molar-refractivity contribution in [1.29, 1.82) is 0 Å². The van der Waals surface area contributed by atoms with Gasteiger partial charge in [-0.25, -0.2) is 4.79 Å². The van der Waals surface area contributed by atoms with Crippen LogP contribution in [0.5, 0.6) is 0 Å². The first-order valence-electron chi connectivity index (χ1n) is 8.10. The Labute approximate surface area is 131 Å². The Bertz CT molecular complexity index is 501. The molecule has 22 heavy (non-hydrogen) atoms. The van der Waals surface area contributed by atoms with Gasteiger partial charge in [0.05, 0.1) is 6.04 Å². The van der Waals surface area contributed by atoms with E-state index in [4.69, 9.17) is 0 Å². The summed E-state index contributed by atoms with van der Waals surface area (Å²) in [5.74, 6) is 0. The molecule has 0 saturated carbocycles. The molecule has 0 aliphatic carbocycles. The fraction of sp³-hybridized carbons (Fsp3) is 0.562. The molecule has 120 valence electrons. The lowest BCUT2D eigenvalue weighted by atomic mass is 10.00. The van der Waals surface area contributed by atoms with E-state index in [1.54, 1.807) is 0 Å². The summed E-state index contributed by atoms with van der Waals surface area (Å²) in [5.41, 5.74) is 8.92. The maximum absolute atomic E-state index is 11.7. The lowest BCUT2D eigenvalue weighted by molar-refractivity contribution is 0.232. The van der Waals surface area contributed by atoms with Gasteiger partial charge in [-0.3, -0.25) is 15.8 Å². The summed E-state index contributed by atoms with van der Waals surface area (Å²) in [5, 5.41) is 5.88. The SMILES string of the molecule is O=C(NCCCN1CCc2ccccc2C1)NC1CNNC1. The summed E-state index contributed by atoms with van der Waals surface area (Å²) in [7, 11) is 0. The molecule has 6 nitrogen and oxygen atoms in total. The number of rotatable bonds is 5. The number of hydrazine groups is 1.